The molecule has 1 amide bonds. The number of rotatable bonds is 3. The van der Waals surface area contributed by atoms with Gasteiger partial charge in [-0.25, -0.2) is 22.2 Å². The number of aromatic nitrogens is 2. The number of amides is 1. The van der Waals surface area contributed by atoms with Crippen molar-refractivity contribution < 1.29 is 17.9 Å². The molecule has 41 heavy (non-hydrogen) atoms. The molecule has 0 saturated heterocycles. The molecule has 0 fully saturated rings. The maximum atomic E-state index is 13.6. The predicted molar refractivity (Wildman–Crippen MR) is 165 cm³/mol. The molecule has 2 aromatic carbocycles. The van der Waals surface area contributed by atoms with Crippen LogP contribution in [-0.4, -0.2) is 48.6 Å². The highest BCUT2D eigenvalue weighted by Crippen LogP contribution is 2.31. The van der Waals surface area contributed by atoms with Gasteiger partial charge in [0.05, 0.1) is 10.5 Å². The van der Waals surface area contributed by atoms with Gasteiger partial charge in [0.25, 0.3) is 10.0 Å². The number of benzene rings is 2. The molecule has 2 aromatic heterocycles. The fourth-order valence-corrected chi connectivity index (χ4v) is 6.56. The molecule has 0 radical (unpaired) electrons. The van der Waals surface area contributed by atoms with E-state index in [-0.39, 0.29) is 11.0 Å². The van der Waals surface area contributed by atoms with E-state index in [2.05, 4.69) is 54.3 Å². The molecule has 5 rings (SSSR count). The van der Waals surface area contributed by atoms with Crippen LogP contribution < -0.4 is 0 Å². The van der Waals surface area contributed by atoms with Gasteiger partial charge in [-0.1, -0.05) is 55.9 Å². The summed E-state index contributed by atoms with van der Waals surface area (Å²) in [5.41, 5.74) is 7.83. The van der Waals surface area contributed by atoms with Gasteiger partial charge in [0.2, 0.25) is 0 Å². The van der Waals surface area contributed by atoms with Crippen LogP contribution in [0.1, 0.15) is 37.5 Å². The molecule has 212 valence electrons. The lowest BCUT2D eigenvalue weighted by Gasteiger charge is -2.31. The fourth-order valence-electron chi connectivity index (χ4n) is 4.70. The number of carbonyl (C=O) groups excluding carboxylic acids is 1. The second kappa shape index (κ2) is 10.5. The molecular weight excluding hydrogens is 551 g/mol. The lowest BCUT2D eigenvalue weighted by atomic mass is 9.95. The number of hydrogen-bond donors (Lipinski definition) is 0. The number of hydrogen-bond acceptors (Lipinski definition) is 5. The molecule has 3 heterocycles. The number of pyridine rings is 1. The molecule has 0 atom stereocenters. The van der Waals surface area contributed by atoms with E-state index in [9.17, 15) is 13.2 Å². The van der Waals surface area contributed by atoms with Crippen molar-refractivity contribution in [3.05, 3.63) is 83.7 Å². The van der Waals surface area contributed by atoms with Crippen molar-refractivity contribution in [2.45, 2.75) is 63.9 Å². The highest BCUT2D eigenvalue weighted by Gasteiger charge is 2.26. The minimum absolute atomic E-state index is 0.191. The predicted octanol–water partition coefficient (Wildman–Crippen LogP) is 6.46. The van der Waals surface area contributed by atoms with Crippen molar-refractivity contribution in [1.82, 2.24) is 13.9 Å². The molecule has 9 heteroatoms. The van der Waals surface area contributed by atoms with Crippen molar-refractivity contribution in [2.75, 3.05) is 6.54 Å². The zero-order valence-electron chi connectivity index (χ0n) is 24.4. The van der Waals surface area contributed by atoms with Gasteiger partial charge >= 0.3 is 6.09 Å². The van der Waals surface area contributed by atoms with Gasteiger partial charge in [-0.15, -0.1) is 5.54 Å². The largest absolute Gasteiger partial charge is 0.444 e. The standard InChI is InChI=1S/C32H35N3O4SSi/c1-32(2,3)39-31(36)34-16-14-23-12-13-24(18-27(23)21-34)26-19-29-25(15-17-41(4,5)6)22-35(30(29)33-20-26)40(37,38)28-10-8-7-9-11-28/h7-13,18-20,22H,14,16,21H2,1-6H3. The van der Waals surface area contributed by atoms with E-state index < -0.39 is 23.7 Å². The Labute approximate surface area is 243 Å². The first-order valence-corrected chi connectivity index (χ1v) is 18.6. The van der Waals surface area contributed by atoms with Crippen LogP contribution in [0.25, 0.3) is 22.2 Å². The molecule has 0 aliphatic carbocycles. The van der Waals surface area contributed by atoms with Crippen LogP contribution in [0, 0.1) is 11.5 Å². The molecule has 0 bridgehead atoms. The number of fused-ring (bicyclic) bond motifs is 2. The molecule has 4 aromatic rings. The van der Waals surface area contributed by atoms with E-state index in [1.165, 1.54) is 9.54 Å². The first-order valence-electron chi connectivity index (χ1n) is 13.7. The maximum Gasteiger partial charge on any atom is 0.410 e. The summed E-state index contributed by atoms with van der Waals surface area (Å²) in [6.45, 7) is 13.1. The summed E-state index contributed by atoms with van der Waals surface area (Å²) in [6, 6.07) is 16.5. The van der Waals surface area contributed by atoms with Gasteiger partial charge in [0, 0.05) is 36.4 Å². The van der Waals surface area contributed by atoms with Crippen molar-refractivity contribution in [1.29, 1.82) is 0 Å². The maximum absolute atomic E-state index is 13.6. The minimum Gasteiger partial charge on any atom is -0.444 e. The fraction of sp³-hybridized carbons (Fsp3) is 0.312. The van der Waals surface area contributed by atoms with Crippen LogP contribution in [0.4, 0.5) is 4.79 Å². The Balaban J connectivity index is 1.57. The summed E-state index contributed by atoms with van der Waals surface area (Å²) in [5, 5.41) is 0.681. The van der Waals surface area contributed by atoms with Crippen molar-refractivity contribution in [2.24, 2.45) is 0 Å². The number of nitrogens with zero attached hydrogens (tertiary/aromatic N) is 3. The van der Waals surface area contributed by atoms with E-state index in [4.69, 9.17) is 4.74 Å². The molecule has 0 spiro atoms. The summed E-state index contributed by atoms with van der Waals surface area (Å²) in [7, 11) is -5.60. The van der Waals surface area contributed by atoms with Crippen LogP contribution in [0.5, 0.6) is 0 Å². The molecule has 7 nitrogen and oxygen atoms in total. The third-order valence-corrected chi connectivity index (χ3v) is 9.23. The molecule has 0 unspecified atom stereocenters. The van der Waals surface area contributed by atoms with Crippen molar-refractivity contribution in [3.8, 4) is 22.6 Å². The monoisotopic (exact) mass is 585 g/mol. The van der Waals surface area contributed by atoms with Crippen LogP contribution in [-0.2, 0) is 27.7 Å². The quantitative estimate of drug-likeness (QED) is 0.204. The first kappa shape index (κ1) is 28.6. The molecule has 1 aliphatic rings. The zero-order valence-corrected chi connectivity index (χ0v) is 26.2. The van der Waals surface area contributed by atoms with E-state index in [1.54, 1.807) is 47.6 Å². The second-order valence-corrected chi connectivity index (χ2v) is 19.0. The van der Waals surface area contributed by atoms with Crippen LogP contribution in [0.15, 0.2) is 71.9 Å². The second-order valence-electron chi connectivity index (χ2n) is 12.4. The minimum atomic E-state index is -3.87. The zero-order chi connectivity index (χ0) is 29.6. The Morgan fingerprint density at radius 2 is 1.73 bits per heavy atom. The Morgan fingerprint density at radius 1 is 1.00 bits per heavy atom. The molecule has 0 saturated carbocycles. The van der Waals surface area contributed by atoms with E-state index in [0.29, 0.717) is 29.7 Å². The summed E-state index contributed by atoms with van der Waals surface area (Å²) >= 11 is 0. The third-order valence-electron chi connectivity index (χ3n) is 6.69. The smallest absolute Gasteiger partial charge is 0.410 e. The Kier molecular flexibility index (Phi) is 7.34. The van der Waals surface area contributed by atoms with Gasteiger partial charge in [0.1, 0.15) is 13.7 Å². The van der Waals surface area contributed by atoms with Gasteiger partial charge < -0.3 is 9.64 Å². The summed E-state index contributed by atoms with van der Waals surface area (Å²) in [5.74, 6) is 3.27. The van der Waals surface area contributed by atoms with Gasteiger partial charge in [-0.05, 0) is 68.1 Å². The Morgan fingerprint density at radius 3 is 2.41 bits per heavy atom. The number of ether oxygens (including phenoxy) is 1. The van der Waals surface area contributed by atoms with Gasteiger partial charge in [-0.3, -0.25) is 0 Å². The van der Waals surface area contributed by atoms with Crippen LogP contribution >= 0.6 is 0 Å². The van der Waals surface area contributed by atoms with Crippen LogP contribution in [0.2, 0.25) is 19.6 Å². The molecule has 1 aliphatic heterocycles. The SMILES string of the molecule is CC(C)(C)OC(=O)N1CCc2ccc(-c3cnc4c(c3)c(C#C[Si](C)(C)C)cn4S(=O)(=O)c3ccccc3)cc2C1. The highest BCUT2D eigenvalue weighted by atomic mass is 32.2. The van der Waals surface area contributed by atoms with E-state index in [0.717, 1.165) is 23.1 Å². The lowest BCUT2D eigenvalue weighted by Crippen LogP contribution is -2.39. The van der Waals surface area contributed by atoms with Crippen molar-refractivity contribution >= 4 is 35.2 Å². The average molecular weight is 586 g/mol. The van der Waals surface area contributed by atoms with Crippen LogP contribution in [0.3, 0.4) is 0 Å². The van der Waals surface area contributed by atoms with Gasteiger partial charge in [0.15, 0.2) is 5.65 Å². The van der Waals surface area contributed by atoms with E-state index in [1.807, 2.05) is 26.8 Å². The first-order chi connectivity index (χ1) is 19.2. The lowest BCUT2D eigenvalue weighted by molar-refractivity contribution is 0.0224. The molecule has 0 N–H and O–H groups in total. The topological polar surface area (TPSA) is 81.5 Å². The summed E-state index contributed by atoms with van der Waals surface area (Å²) in [6.07, 6.45) is 3.72. The molecular formula is C32H35N3O4SSi. The number of carbonyl (C=O) groups is 1. The Bertz CT molecular complexity index is 1810. The van der Waals surface area contributed by atoms with E-state index >= 15 is 0 Å². The normalized spacial score (nSPS) is 13.9. The average Bonchev–Trinajstić information content (AvgIpc) is 3.29. The summed E-state index contributed by atoms with van der Waals surface area (Å²) < 4.78 is 34.0. The Hall–Kier alpha value is -3.87. The highest BCUT2D eigenvalue weighted by molar-refractivity contribution is 7.90. The van der Waals surface area contributed by atoms with Gasteiger partial charge in [-0.2, -0.15) is 0 Å². The third kappa shape index (κ3) is 6.24. The summed E-state index contributed by atoms with van der Waals surface area (Å²) in [4.78, 5) is 19.3. The van der Waals surface area contributed by atoms with Crippen molar-refractivity contribution in [3.63, 3.8) is 0 Å².